The fourth-order valence-electron chi connectivity index (χ4n) is 2.78. The average Bonchev–Trinajstić information content (AvgIpc) is 2.66. The molecule has 0 radical (unpaired) electrons. The third-order valence-corrected chi connectivity index (χ3v) is 4.17. The molecule has 2 heterocycles. The van der Waals surface area contributed by atoms with Crippen LogP contribution >= 0.6 is 0 Å². The van der Waals surface area contributed by atoms with Crippen LogP contribution in [-0.2, 0) is 9.59 Å². The smallest absolute Gasteiger partial charge is 0.308 e. The molecule has 1 saturated heterocycles. The van der Waals surface area contributed by atoms with E-state index in [2.05, 4.69) is 11.6 Å². The predicted octanol–water partition coefficient (Wildman–Crippen LogP) is 1.04. The van der Waals surface area contributed by atoms with E-state index in [-0.39, 0.29) is 31.3 Å². The van der Waals surface area contributed by atoms with E-state index in [0.717, 1.165) is 0 Å². The van der Waals surface area contributed by atoms with Gasteiger partial charge in [0.1, 0.15) is 6.61 Å². The van der Waals surface area contributed by atoms with Crippen molar-refractivity contribution in [2.45, 2.75) is 12.8 Å². The fraction of sp³-hybridized carbons (Fsp3) is 0.444. The summed E-state index contributed by atoms with van der Waals surface area (Å²) in [6, 6.07) is 3.28. The minimum absolute atomic E-state index is 0.117. The number of likely N-dealkylation sites (tertiary alicyclic amines) is 1. The molecule has 1 aromatic heterocycles. The van der Waals surface area contributed by atoms with E-state index in [0.29, 0.717) is 25.1 Å². The quantitative estimate of drug-likeness (QED) is 0.729. The molecule has 1 N–H and O–H groups in total. The van der Waals surface area contributed by atoms with Crippen molar-refractivity contribution in [2.24, 2.45) is 5.92 Å². The largest absolute Gasteiger partial charge is 0.487 e. The van der Waals surface area contributed by atoms with Gasteiger partial charge in [-0.25, -0.2) is 4.98 Å². The highest BCUT2D eigenvalue weighted by Crippen LogP contribution is 2.19. The number of hydrogen-bond donors (Lipinski definition) is 1. The highest BCUT2D eigenvalue weighted by molar-refractivity contribution is 5.97. The number of carbonyl (C=O) groups excluding carboxylic acids is 2. The highest BCUT2D eigenvalue weighted by atomic mass is 16.5. The number of carboxylic acid groups (broad SMARTS) is 1. The number of rotatable bonds is 7. The molecular formula is C18H23N3O5. The van der Waals surface area contributed by atoms with Gasteiger partial charge >= 0.3 is 5.97 Å². The lowest BCUT2D eigenvalue weighted by Gasteiger charge is -2.32. The summed E-state index contributed by atoms with van der Waals surface area (Å²) in [5, 5.41) is 9.13. The van der Waals surface area contributed by atoms with E-state index in [9.17, 15) is 14.4 Å². The van der Waals surface area contributed by atoms with Crippen molar-refractivity contribution in [3.8, 4) is 5.75 Å². The van der Waals surface area contributed by atoms with Crippen molar-refractivity contribution in [1.29, 1.82) is 0 Å². The van der Waals surface area contributed by atoms with Crippen LogP contribution in [0, 0.1) is 5.92 Å². The van der Waals surface area contributed by atoms with Gasteiger partial charge in [0.2, 0.25) is 5.91 Å². The number of nitrogens with zero attached hydrogens (tertiary/aromatic N) is 3. The molecule has 1 unspecified atom stereocenters. The SMILES string of the molecule is C=CCOc1cccnc1C(=O)N(C)CC(=O)N1CCCC(C(=O)O)C1. The Kier molecular flexibility index (Phi) is 6.71. The van der Waals surface area contributed by atoms with Gasteiger partial charge in [0.25, 0.3) is 5.91 Å². The minimum Gasteiger partial charge on any atom is -0.487 e. The van der Waals surface area contributed by atoms with Gasteiger partial charge in [0, 0.05) is 26.3 Å². The number of piperidine rings is 1. The van der Waals surface area contributed by atoms with Gasteiger partial charge in [-0.05, 0) is 25.0 Å². The molecule has 1 atom stereocenters. The summed E-state index contributed by atoms with van der Waals surface area (Å²) in [4.78, 5) is 43.0. The summed E-state index contributed by atoms with van der Waals surface area (Å²) in [7, 11) is 1.50. The fourth-order valence-corrected chi connectivity index (χ4v) is 2.78. The number of ether oxygens (including phenoxy) is 1. The number of carboxylic acids is 1. The van der Waals surface area contributed by atoms with Crippen LogP contribution in [0.1, 0.15) is 23.3 Å². The zero-order chi connectivity index (χ0) is 19.1. The van der Waals surface area contributed by atoms with Crippen molar-refractivity contribution >= 4 is 17.8 Å². The van der Waals surface area contributed by atoms with Gasteiger partial charge < -0.3 is 19.6 Å². The average molecular weight is 361 g/mol. The number of carbonyl (C=O) groups is 3. The highest BCUT2D eigenvalue weighted by Gasteiger charge is 2.29. The molecule has 0 saturated carbocycles. The molecule has 0 aliphatic carbocycles. The van der Waals surface area contributed by atoms with Crippen LogP contribution in [0.3, 0.4) is 0 Å². The van der Waals surface area contributed by atoms with Gasteiger partial charge in [-0.15, -0.1) is 0 Å². The Morgan fingerprint density at radius 2 is 2.27 bits per heavy atom. The molecule has 2 amide bonds. The van der Waals surface area contributed by atoms with Crippen molar-refractivity contribution in [2.75, 3.05) is 33.3 Å². The number of amides is 2. The number of likely N-dealkylation sites (N-methyl/N-ethyl adjacent to an activating group) is 1. The number of aliphatic carboxylic acids is 1. The number of hydrogen-bond acceptors (Lipinski definition) is 5. The Balaban J connectivity index is 2.01. The van der Waals surface area contributed by atoms with Crippen molar-refractivity contribution in [3.63, 3.8) is 0 Å². The summed E-state index contributed by atoms with van der Waals surface area (Å²) in [6.07, 6.45) is 4.24. The summed E-state index contributed by atoms with van der Waals surface area (Å²) in [5.41, 5.74) is 0.117. The molecule has 1 aliphatic heterocycles. The van der Waals surface area contributed by atoms with Gasteiger partial charge in [0.15, 0.2) is 11.4 Å². The minimum atomic E-state index is -0.899. The molecule has 1 aliphatic rings. The molecule has 140 valence electrons. The second-order valence-corrected chi connectivity index (χ2v) is 6.13. The van der Waals surface area contributed by atoms with Crippen LogP contribution in [-0.4, -0.2) is 71.0 Å². The van der Waals surface area contributed by atoms with Crippen LogP contribution in [0.25, 0.3) is 0 Å². The number of aromatic nitrogens is 1. The Morgan fingerprint density at radius 1 is 1.50 bits per heavy atom. The molecule has 2 rings (SSSR count). The van der Waals surface area contributed by atoms with Crippen LogP contribution in [0.5, 0.6) is 5.75 Å². The first kappa shape index (κ1) is 19.4. The van der Waals surface area contributed by atoms with Gasteiger partial charge in [-0.3, -0.25) is 14.4 Å². The molecule has 0 bridgehead atoms. The topological polar surface area (TPSA) is 100 Å². The maximum absolute atomic E-state index is 12.6. The Bertz CT molecular complexity index is 691. The lowest BCUT2D eigenvalue weighted by molar-refractivity contribution is -0.145. The zero-order valence-corrected chi connectivity index (χ0v) is 14.8. The Morgan fingerprint density at radius 3 is 2.96 bits per heavy atom. The van der Waals surface area contributed by atoms with Crippen LogP contribution in [0.2, 0.25) is 0 Å². The Hall–Kier alpha value is -2.90. The van der Waals surface area contributed by atoms with Gasteiger partial charge in [-0.1, -0.05) is 12.7 Å². The van der Waals surface area contributed by atoms with E-state index in [4.69, 9.17) is 9.84 Å². The summed E-state index contributed by atoms with van der Waals surface area (Å²) in [6.45, 7) is 4.32. The lowest BCUT2D eigenvalue weighted by Crippen LogP contribution is -2.47. The summed E-state index contributed by atoms with van der Waals surface area (Å²) in [5.74, 6) is -1.85. The van der Waals surface area contributed by atoms with E-state index < -0.39 is 17.8 Å². The second-order valence-electron chi connectivity index (χ2n) is 6.13. The maximum Gasteiger partial charge on any atom is 0.308 e. The van der Waals surface area contributed by atoms with Gasteiger partial charge in [0.05, 0.1) is 12.5 Å². The molecule has 26 heavy (non-hydrogen) atoms. The van der Waals surface area contributed by atoms with E-state index >= 15 is 0 Å². The molecule has 8 heteroatoms. The number of pyridine rings is 1. The van der Waals surface area contributed by atoms with E-state index in [1.165, 1.54) is 23.0 Å². The predicted molar refractivity (Wildman–Crippen MR) is 93.8 cm³/mol. The second kappa shape index (κ2) is 8.98. The van der Waals surface area contributed by atoms with Crippen LogP contribution in [0.4, 0.5) is 0 Å². The van der Waals surface area contributed by atoms with Crippen molar-refractivity contribution in [3.05, 3.63) is 36.7 Å². The molecular weight excluding hydrogens is 338 g/mol. The van der Waals surface area contributed by atoms with Crippen molar-refractivity contribution < 1.29 is 24.2 Å². The zero-order valence-electron chi connectivity index (χ0n) is 14.8. The molecule has 0 aromatic carbocycles. The monoisotopic (exact) mass is 361 g/mol. The lowest BCUT2D eigenvalue weighted by atomic mass is 9.98. The van der Waals surface area contributed by atoms with E-state index in [1.54, 1.807) is 18.2 Å². The first-order valence-corrected chi connectivity index (χ1v) is 8.38. The third kappa shape index (κ3) is 4.81. The molecule has 8 nitrogen and oxygen atoms in total. The standard InChI is InChI=1S/C18H23N3O5/c1-3-10-26-14-7-4-8-19-16(14)17(23)20(2)12-15(22)21-9-5-6-13(11-21)18(24)25/h3-4,7-8,13H,1,5-6,9-12H2,2H3,(H,24,25). The van der Waals surface area contributed by atoms with Crippen molar-refractivity contribution in [1.82, 2.24) is 14.8 Å². The van der Waals surface area contributed by atoms with Crippen LogP contribution < -0.4 is 4.74 Å². The van der Waals surface area contributed by atoms with Gasteiger partial charge in [-0.2, -0.15) is 0 Å². The summed E-state index contributed by atoms with van der Waals surface area (Å²) < 4.78 is 5.43. The first-order chi connectivity index (χ1) is 12.4. The van der Waals surface area contributed by atoms with E-state index in [1.807, 2.05) is 0 Å². The first-order valence-electron chi connectivity index (χ1n) is 8.38. The summed E-state index contributed by atoms with van der Waals surface area (Å²) >= 11 is 0. The molecule has 0 spiro atoms. The molecule has 1 fully saturated rings. The third-order valence-electron chi connectivity index (χ3n) is 4.17. The maximum atomic E-state index is 12.6. The Labute approximate surface area is 152 Å². The molecule has 1 aromatic rings. The van der Waals surface area contributed by atoms with Crippen LogP contribution in [0.15, 0.2) is 31.0 Å². The normalized spacial score (nSPS) is 16.7.